The van der Waals surface area contributed by atoms with Crippen LogP contribution < -0.4 is 9.47 Å². The molecule has 0 fully saturated rings. The van der Waals surface area contributed by atoms with E-state index in [-0.39, 0.29) is 0 Å². The molecule has 0 atom stereocenters. The predicted octanol–water partition coefficient (Wildman–Crippen LogP) is 12.5. The van der Waals surface area contributed by atoms with Crippen molar-refractivity contribution in [1.82, 2.24) is 0 Å². The van der Waals surface area contributed by atoms with Crippen LogP contribution in [-0.4, -0.2) is 25.6 Å². The van der Waals surface area contributed by atoms with Gasteiger partial charge in [-0.2, -0.15) is 0 Å². The molecule has 4 nitrogen and oxygen atoms in total. The van der Waals surface area contributed by atoms with Gasteiger partial charge >= 0.3 is 0 Å². The number of benzene rings is 4. The average molecular weight is 645 g/mol. The minimum Gasteiger partial charge on any atom is -0.494 e. The number of nitrogens with zero attached hydrogens (tertiary/aromatic N) is 2. The Morgan fingerprint density at radius 2 is 0.792 bits per heavy atom. The highest BCUT2D eigenvalue weighted by molar-refractivity contribution is 5.82. The molecule has 4 rings (SSSR count). The van der Waals surface area contributed by atoms with Crippen molar-refractivity contribution in [2.75, 3.05) is 13.2 Å². The van der Waals surface area contributed by atoms with Crippen LogP contribution in [0, 0.1) is 0 Å². The van der Waals surface area contributed by atoms with Crippen LogP contribution in [0.15, 0.2) is 107 Å². The minimum absolute atomic E-state index is 0.757. The fraction of sp³-hybridized carbons (Fsp3) is 0.409. The molecule has 0 unspecified atom stereocenters. The molecule has 48 heavy (non-hydrogen) atoms. The van der Waals surface area contributed by atoms with Crippen LogP contribution in [-0.2, 0) is 12.8 Å². The first kappa shape index (κ1) is 36.7. The number of hydrogen-bond donors (Lipinski definition) is 0. The molecule has 0 N–H and O–H groups in total. The van der Waals surface area contributed by atoms with Gasteiger partial charge in [0.15, 0.2) is 0 Å². The van der Waals surface area contributed by atoms with Crippen LogP contribution in [0.5, 0.6) is 11.5 Å². The van der Waals surface area contributed by atoms with Crippen LogP contribution in [0.4, 0.5) is 11.4 Å². The van der Waals surface area contributed by atoms with Gasteiger partial charge in [-0.15, -0.1) is 0 Å². The predicted molar refractivity (Wildman–Crippen MR) is 205 cm³/mol. The maximum atomic E-state index is 5.96. The Hall–Kier alpha value is -4.18. The minimum atomic E-state index is 0.757. The Morgan fingerprint density at radius 3 is 1.17 bits per heavy atom. The van der Waals surface area contributed by atoms with E-state index in [9.17, 15) is 0 Å². The van der Waals surface area contributed by atoms with E-state index in [1.165, 1.54) is 75.3 Å². The molecule has 0 radical (unpaired) electrons. The van der Waals surface area contributed by atoms with Crippen LogP contribution in [0.25, 0.3) is 0 Å². The molecule has 0 aromatic heterocycles. The second kappa shape index (κ2) is 22.4. The Bertz CT molecular complexity index is 1340. The highest BCUT2D eigenvalue weighted by Crippen LogP contribution is 2.19. The molecule has 4 aromatic carbocycles. The van der Waals surface area contributed by atoms with Gasteiger partial charge in [-0.1, -0.05) is 89.5 Å². The van der Waals surface area contributed by atoms with Crippen molar-refractivity contribution in [3.63, 3.8) is 0 Å². The number of aliphatic imine (C=N–C) groups is 2. The average Bonchev–Trinajstić information content (AvgIpc) is 3.13. The summed E-state index contributed by atoms with van der Waals surface area (Å²) < 4.78 is 11.9. The Morgan fingerprint density at radius 1 is 0.417 bits per heavy atom. The third kappa shape index (κ3) is 14.7. The largest absolute Gasteiger partial charge is 0.494 e. The highest BCUT2D eigenvalue weighted by Gasteiger charge is 1.99. The van der Waals surface area contributed by atoms with Gasteiger partial charge in [-0.3, -0.25) is 9.98 Å². The number of hydrogen-bond acceptors (Lipinski definition) is 4. The summed E-state index contributed by atoms with van der Waals surface area (Å²) in [5.41, 5.74) is 6.92. The number of ether oxygens (including phenoxy) is 2. The third-order valence-corrected chi connectivity index (χ3v) is 8.57. The summed E-state index contributed by atoms with van der Waals surface area (Å²) >= 11 is 0. The van der Waals surface area contributed by atoms with Gasteiger partial charge in [-0.05, 0) is 134 Å². The summed E-state index contributed by atoms with van der Waals surface area (Å²) in [7, 11) is 0. The van der Waals surface area contributed by atoms with Crippen molar-refractivity contribution in [3.05, 3.63) is 119 Å². The molecule has 0 aliphatic rings. The van der Waals surface area contributed by atoms with E-state index < -0.39 is 0 Å². The monoisotopic (exact) mass is 644 g/mol. The van der Waals surface area contributed by atoms with Crippen molar-refractivity contribution < 1.29 is 9.47 Å². The first-order valence-electron chi connectivity index (χ1n) is 18.4. The lowest BCUT2D eigenvalue weighted by molar-refractivity contribution is 0.297. The fourth-order valence-corrected chi connectivity index (χ4v) is 5.55. The van der Waals surface area contributed by atoms with Crippen molar-refractivity contribution in [1.29, 1.82) is 0 Å². The number of unbranched alkanes of at least 4 members (excludes halogenated alkanes) is 9. The van der Waals surface area contributed by atoms with Crippen molar-refractivity contribution in [3.8, 4) is 11.5 Å². The molecule has 254 valence electrons. The summed E-state index contributed by atoms with van der Waals surface area (Å²) in [5, 5.41) is 0. The van der Waals surface area contributed by atoms with Gasteiger partial charge in [0, 0.05) is 12.4 Å². The highest BCUT2D eigenvalue weighted by atomic mass is 16.5. The van der Waals surface area contributed by atoms with Crippen LogP contribution in [0.3, 0.4) is 0 Å². The summed E-state index contributed by atoms with van der Waals surface area (Å²) in [5.74, 6) is 1.84. The van der Waals surface area contributed by atoms with Crippen molar-refractivity contribution >= 4 is 23.8 Å². The smallest absolute Gasteiger partial charge is 0.119 e. The maximum Gasteiger partial charge on any atom is 0.119 e. The van der Waals surface area contributed by atoms with Gasteiger partial charge in [0.25, 0.3) is 0 Å². The van der Waals surface area contributed by atoms with E-state index in [1.807, 2.05) is 36.7 Å². The van der Waals surface area contributed by atoms with Gasteiger partial charge in [0.2, 0.25) is 0 Å². The second-order valence-corrected chi connectivity index (χ2v) is 12.7. The molecule has 0 spiro atoms. The summed E-state index contributed by atoms with van der Waals surface area (Å²) in [6.07, 6.45) is 20.8. The van der Waals surface area contributed by atoms with Crippen LogP contribution in [0.1, 0.15) is 113 Å². The Kier molecular flexibility index (Phi) is 17.1. The number of aryl methyl sites for hydroxylation is 2. The molecule has 4 aromatic rings. The molecule has 0 aliphatic carbocycles. The van der Waals surface area contributed by atoms with Gasteiger partial charge in [0.1, 0.15) is 11.5 Å². The molecule has 0 saturated heterocycles. The topological polar surface area (TPSA) is 43.2 Å². The van der Waals surface area contributed by atoms with Crippen LogP contribution in [0.2, 0.25) is 0 Å². The normalized spacial score (nSPS) is 11.5. The molecule has 4 heteroatoms. The van der Waals surface area contributed by atoms with Gasteiger partial charge in [0.05, 0.1) is 24.6 Å². The Balaban J connectivity index is 1.00. The van der Waals surface area contributed by atoms with E-state index in [0.29, 0.717) is 0 Å². The first-order chi connectivity index (χ1) is 23.7. The lowest BCUT2D eigenvalue weighted by Crippen LogP contribution is -1.98. The van der Waals surface area contributed by atoms with E-state index in [2.05, 4.69) is 96.6 Å². The Labute approximate surface area is 290 Å². The molecule has 0 bridgehead atoms. The molecule has 0 aliphatic heterocycles. The zero-order chi connectivity index (χ0) is 33.5. The number of rotatable bonds is 23. The third-order valence-electron chi connectivity index (χ3n) is 8.57. The standard InChI is InChI=1S/C44H56N2O2/c1-3-5-11-15-37-17-25-41(26-18-37)45-35-39-21-29-43(30-22-39)47-33-13-9-7-8-10-14-34-48-44-31-23-40(24-32-44)36-46-42-27-19-38(20-28-42)16-12-6-4-2/h17-32,35-36H,3-16,33-34H2,1-2H3. The summed E-state index contributed by atoms with van der Waals surface area (Å²) in [6.45, 7) is 6.00. The quantitative estimate of drug-likeness (QED) is 0.0595. The maximum absolute atomic E-state index is 5.96. The van der Waals surface area contributed by atoms with Gasteiger partial charge < -0.3 is 9.47 Å². The summed E-state index contributed by atoms with van der Waals surface area (Å²) in [6, 6.07) is 33.6. The second-order valence-electron chi connectivity index (χ2n) is 12.7. The lowest BCUT2D eigenvalue weighted by Gasteiger charge is -2.07. The van der Waals surface area contributed by atoms with Crippen molar-refractivity contribution in [2.45, 2.75) is 104 Å². The molecular weight excluding hydrogens is 588 g/mol. The van der Waals surface area contributed by atoms with E-state index in [4.69, 9.17) is 9.47 Å². The van der Waals surface area contributed by atoms with Crippen molar-refractivity contribution in [2.24, 2.45) is 9.98 Å². The molecule has 0 amide bonds. The van der Waals surface area contributed by atoms with E-state index in [1.54, 1.807) is 0 Å². The molecule has 0 saturated carbocycles. The first-order valence-corrected chi connectivity index (χ1v) is 18.4. The zero-order valence-corrected chi connectivity index (χ0v) is 29.4. The van der Waals surface area contributed by atoms with E-state index in [0.717, 1.165) is 72.9 Å². The van der Waals surface area contributed by atoms with Gasteiger partial charge in [-0.25, -0.2) is 0 Å². The van der Waals surface area contributed by atoms with Crippen LogP contribution >= 0.6 is 0 Å². The molecular formula is C44H56N2O2. The fourth-order valence-electron chi connectivity index (χ4n) is 5.55. The zero-order valence-electron chi connectivity index (χ0n) is 29.4. The summed E-state index contributed by atoms with van der Waals surface area (Å²) in [4.78, 5) is 9.26. The SMILES string of the molecule is CCCCCc1ccc(N=Cc2ccc(OCCCCCCCCOc3ccc(C=Nc4ccc(CCCCC)cc4)cc3)cc2)cc1. The lowest BCUT2D eigenvalue weighted by atomic mass is 10.1. The van der Waals surface area contributed by atoms with E-state index >= 15 is 0 Å². The molecule has 0 heterocycles.